The maximum absolute atomic E-state index is 12.6. The van der Waals surface area contributed by atoms with Crippen LogP contribution < -0.4 is 0 Å². The maximum atomic E-state index is 12.6. The predicted octanol–water partition coefficient (Wildman–Crippen LogP) is 2.88. The van der Waals surface area contributed by atoms with Crippen LogP contribution in [0.1, 0.15) is 59.3 Å². The molecule has 3 aliphatic rings. The number of aldehydes is 1. The monoisotopic (exact) mass is 294 g/mol. The molecule has 0 N–H and O–H groups in total. The van der Waals surface area contributed by atoms with E-state index in [1.165, 1.54) is 7.11 Å². The number of hydrogen-bond acceptors (Lipinski definition) is 4. The van der Waals surface area contributed by atoms with Crippen LogP contribution in [0.3, 0.4) is 0 Å². The highest BCUT2D eigenvalue weighted by atomic mass is 16.6. The van der Waals surface area contributed by atoms with Crippen molar-refractivity contribution in [1.82, 2.24) is 0 Å². The molecule has 3 fully saturated rings. The highest BCUT2D eigenvalue weighted by Crippen LogP contribution is 2.71. The molecule has 1 heterocycles. The van der Waals surface area contributed by atoms with Crippen molar-refractivity contribution >= 4 is 12.3 Å². The zero-order valence-electron chi connectivity index (χ0n) is 13.5. The average molecular weight is 294 g/mol. The summed E-state index contributed by atoms with van der Waals surface area (Å²) in [6, 6.07) is 0. The summed E-state index contributed by atoms with van der Waals surface area (Å²) in [5.41, 5.74) is -0.950. The Morgan fingerprint density at radius 2 is 1.90 bits per heavy atom. The summed E-state index contributed by atoms with van der Waals surface area (Å²) in [6.07, 6.45) is 5.79. The third-order valence-electron chi connectivity index (χ3n) is 6.52. The first-order valence-electron chi connectivity index (χ1n) is 7.98. The van der Waals surface area contributed by atoms with Crippen molar-refractivity contribution in [3.8, 4) is 0 Å². The van der Waals surface area contributed by atoms with E-state index >= 15 is 0 Å². The molecule has 1 unspecified atom stereocenters. The van der Waals surface area contributed by atoms with Gasteiger partial charge in [-0.15, -0.1) is 0 Å². The Bertz CT molecular complexity index is 485. The van der Waals surface area contributed by atoms with Crippen LogP contribution in [-0.4, -0.2) is 30.6 Å². The Kier molecular flexibility index (Phi) is 3.08. The van der Waals surface area contributed by atoms with E-state index in [1.807, 2.05) is 0 Å². The summed E-state index contributed by atoms with van der Waals surface area (Å²) in [4.78, 5) is 23.8. The molecule has 0 amide bonds. The maximum Gasteiger partial charge on any atom is 0.312 e. The van der Waals surface area contributed by atoms with Gasteiger partial charge in [0.05, 0.1) is 18.1 Å². The molecule has 1 aliphatic heterocycles. The smallest absolute Gasteiger partial charge is 0.312 e. The number of carbonyl (C=O) groups is 2. The molecule has 0 radical (unpaired) electrons. The molecule has 0 spiro atoms. The van der Waals surface area contributed by atoms with Crippen LogP contribution in [0.4, 0.5) is 0 Å². The van der Waals surface area contributed by atoms with Gasteiger partial charge in [-0.05, 0) is 44.4 Å². The molecule has 4 nitrogen and oxygen atoms in total. The molecule has 2 aliphatic carbocycles. The van der Waals surface area contributed by atoms with Gasteiger partial charge in [0.15, 0.2) is 0 Å². The van der Waals surface area contributed by atoms with Crippen LogP contribution in [-0.2, 0) is 19.1 Å². The predicted molar refractivity (Wildman–Crippen MR) is 77.7 cm³/mol. The van der Waals surface area contributed by atoms with Gasteiger partial charge in [-0.2, -0.15) is 0 Å². The lowest BCUT2D eigenvalue weighted by atomic mass is 9.49. The fourth-order valence-corrected chi connectivity index (χ4v) is 5.11. The topological polar surface area (TPSA) is 55.9 Å². The zero-order valence-corrected chi connectivity index (χ0v) is 13.5. The van der Waals surface area contributed by atoms with Gasteiger partial charge in [-0.1, -0.05) is 13.8 Å². The first kappa shape index (κ1) is 15.0. The summed E-state index contributed by atoms with van der Waals surface area (Å²) in [5, 5.41) is 0. The quantitative estimate of drug-likeness (QED) is 0.456. The second-order valence-corrected chi connectivity index (χ2v) is 8.16. The number of hydrogen-bond donors (Lipinski definition) is 0. The van der Waals surface area contributed by atoms with Crippen molar-refractivity contribution in [3.63, 3.8) is 0 Å². The summed E-state index contributed by atoms with van der Waals surface area (Å²) in [7, 11) is 1.47. The minimum Gasteiger partial charge on any atom is -0.469 e. The molecule has 118 valence electrons. The summed E-state index contributed by atoms with van der Waals surface area (Å²) < 4.78 is 11.3. The van der Waals surface area contributed by atoms with Crippen molar-refractivity contribution in [2.24, 2.45) is 16.7 Å². The molecular weight excluding hydrogens is 268 g/mol. The number of carbonyl (C=O) groups excluding carboxylic acids is 2. The standard InChI is InChI=1S/C17H26O4/c1-14(2)5-7-16(13(19)20-4)8-6-15(3)17(21-15,9-10-18)12(16)11-14/h10,12H,5-9,11H2,1-4H3/t12?,15-,16-,17+/m0/s1. The van der Waals surface area contributed by atoms with Crippen molar-refractivity contribution in [1.29, 1.82) is 0 Å². The minimum atomic E-state index is -0.455. The lowest BCUT2D eigenvalue weighted by Gasteiger charge is -2.52. The van der Waals surface area contributed by atoms with E-state index in [-0.39, 0.29) is 22.9 Å². The summed E-state index contributed by atoms with van der Waals surface area (Å²) in [6.45, 7) is 6.59. The zero-order chi connectivity index (χ0) is 15.5. The lowest BCUT2D eigenvalue weighted by Crippen LogP contribution is -2.56. The van der Waals surface area contributed by atoms with Crippen LogP contribution in [0.2, 0.25) is 0 Å². The Morgan fingerprint density at radius 1 is 1.24 bits per heavy atom. The van der Waals surface area contributed by atoms with Crippen LogP contribution in [0.15, 0.2) is 0 Å². The molecule has 3 rings (SSSR count). The summed E-state index contributed by atoms with van der Waals surface area (Å²) in [5.74, 6) is -0.0176. The number of epoxide rings is 1. The highest BCUT2D eigenvalue weighted by Gasteiger charge is 2.78. The molecular formula is C17H26O4. The van der Waals surface area contributed by atoms with Crippen molar-refractivity contribution < 1.29 is 19.1 Å². The number of rotatable bonds is 3. The van der Waals surface area contributed by atoms with E-state index < -0.39 is 11.0 Å². The number of methoxy groups -OCH3 is 1. The molecule has 0 bridgehead atoms. The van der Waals surface area contributed by atoms with Gasteiger partial charge in [0, 0.05) is 12.3 Å². The Labute approximate surface area is 126 Å². The Balaban J connectivity index is 2.04. The van der Waals surface area contributed by atoms with E-state index in [0.717, 1.165) is 38.4 Å². The van der Waals surface area contributed by atoms with Gasteiger partial charge in [-0.3, -0.25) is 4.79 Å². The normalized spacial score (nSPS) is 47.0. The van der Waals surface area contributed by atoms with E-state index in [9.17, 15) is 9.59 Å². The number of esters is 1. The van der Waals surface area contributed by atoms with Crippen molar-refractivity contribution in [2.45, 2.75) is 70.5 Å². The van der Waals surface area contributed by atoms with Crippen molar-refractivity contribution in [2.75, 3.05) is 7.11 Å². The largest absolute Gasteiger partial charge is 0.469 e. The van der Waals surface area contributed by atoms with E-state index in [2.05, 4.69) is 20.8 Å². The van der Waals surface area contributed by atoms with Crippen molar-refractivity contribution in [3.05, 3.63) is 0 Å². The van der Waals surface area contributed by atoms with Gasteiger partial charge in [0.25, 0.3) is 0 Å². The molecule has 1 saturated heterocycles. The summed E-state index contributed by atoms with van der Waals surface area (Å²) >= 11 is 0. The van der Waals surface area contributed by atoms with Crippen LogP contribution >= 0.6 is 0 Å². The van der Waals surface area contributed by atoms with Gasteiger partial charge in [0.1, 0.15) is 11.9 Å². The van der Waals surface area contributed by atoms with Gasteiger partial charge in [0.2, 0.25) is 0 Å². The van der Waals surface area contributed by atoms with Crippen LogP contribution in [0, 0.1) is 16.7 Å². The van der Waals surface area contributed by atoms with E-state index in [1.54, 1.807) is 0 Å². The first-order chi connectivity index (χ1) is 9.75. The van der Waals surface area contributed by atoms with Crippen LogP contribution in [0.25, 0.3) is 0 Å². The fourth-order valence-electron chi connectivity index (χ4n) is 5.11. The Hall–Kier alpha value is -0.900. The molecule has 0 aromatic rings. The fraction of sp³-hybridized carbons (Fsp3) is 0.882. The molecule has 0 aromatic heterocycles. The lowest BCUT2D eigenvalue weighted by molar-refractivity contribution is -0.168. The van der Waals surface area contributed by atoms with Crippen LogP contribution in [0.5, 0.6) is 0 Å². The molecule has 4 heteroatoms. The SMILES string of the molecule is COC(=O)[C@]12CCC(C)(C)CC1[C@@]1(CC=O)O[C@@]1(C)CC2. The van der Waals surface area contributed by atoms with Gasteiger partial charge in [-0.25, -0.2) is 0 Å². The molecule has 4 atom stereocenters. The second kappa shape index (κ2) is 4.31. The molecule has 2 saturated carbocycles. The number of ether oxygens (including phenoxy) is 2. The average Bonchev–Trinajstić information content (AvgIpc) is 3.04. The van der Waals surface area contributed by atoms with E-state index in [0.29, 0.717) is 6.42 Å². The third kappa shape index (κ3) is 1.84. The highest BCUT2D eigenvalue weighted by molar-refractivity contribution is 5.78. The first-order valence-corrected chi connectivity index (χ1v) is 7.98. The third-order valence-corrected chi connectivity index (χ3v) is 6.52. The second-order valence-electron chi connectivity index (χ2n) is 8.16. The minimum absolute atomic E-state index is 0.0881. The Morgan fingerprint density at radius 3 is 2.52 bits per heavy atom. The van der Waals surface area contributed by atoms with Gasteiger partial charge < -0.3 is 14.3 Å². The molecule has 21 heavy (non-hydrogen) atoms. The number of fused-ring (bicyclic) bond motifs is 3. The van der Waals surface area contributed by atoms with E-state index in [4.69, 9.17) is 9.47 Å². The molecule has 0 aromatic carbocycles. The van der Waals surface area contributed by atoms with Gasteiger partial charge >= 0.3 is 5.97 Å².